The molecule has 0 bridgehead atoms. The Labute approximate surface area is 581 Å². The number of hydrogen-bond acceptors (Lipinski definition) is 18. The Morgan fingerprint density at radius 2 is 1.17 bits per heavy atom. The highest BCUT2D eigenvalue weighted by atomic mass is 16.4. The van der Waals surface area contributed by atoms with Crippen molar-refractivity contribution in [2.24, 2.45) is 40.9 Å². The number of aromatic nitrogens is 2. The van der Waals surface area contributed by atoms with Gasteiger partial charge in [-0.25, -0.2) is 4.98 Å². The Balaban J connectivity index is 2.17. The fraction of sp³-hybridized carbons (Fsp3) is 0.636. The minimum Gasteiger partial charge on any atom is -0.481 e. The molecular weight excluding hydrogens is 1300 g/mol. The zero-order chi connectivity index (χ0) is 74.9. The van der Waals surface area contributed by atoms with E-state index in [4.69, 9.17) is 17.2 Å². The summed E-state index contributed by atoms with van der Waals surface area (Å²) in [6.07, 6.45) is -0.129. The molecule has 1 aliphatic heterocycles. The number of H-pyrrole nitrogens is 1. The summed E-state index contributed by atoms with van der Waals surface area (Å²) in [6, 6.07) is -9.47. The second kappa shape index (κ2) is 43.0. The smallest absolute Gasteiger partial charge is 0.305 e. The normalized spacial score (nSPS) is 21.9. The van der Waals surface area contributed by atoms with Crippen LogP contribution in [0.1, 0.15) is 157 Å². The van der Waals surface area contributed by atoms with Crippen LogP contribution in [0, 0.1) is 23.7 Å². The molecule has 0 radical (unpaired) electrons. The van der Waals surface area contributed by atoms with E-state index in [1.807, 2.05) is 6.92 Å². The van der Waals surface area contributed by atoms with Crippen molar-refractivity contribution in [2.45, 2.75) is 231 Å². The third-order valence-corrected chi connectivity index (χ3v) is 17.3. The molecule has 0 unspecified atom stereocenters. The number of nitrogens with zero attached hydrogens (tertiary/aromatic N) is 1. The van der Waals surface area contributed by atoms with Crippen molar-refractivity contribution in [3.05, 3.63) is 54.1 Å². The molecule has 0 aliphatic carbocycles. The maximum atomic E-state index is 14.9. The molecule has 2 heterocycles. The van der Waals surface area contributed by atoms with Gasteiger partial charge in [0.2, 0.25) is 76.8 Å². The molecule has 100 heavy (non-hydrogen) atoms. The van der Waals surface area contributed by atoms with Crippen molar-refractivity contribution in [1.82, 2.24) is 73.8 Å². The van der Waals surface area contributed by atoms with Gasteiger partial charge in [-0.15, -0.1) is 0 Å². The van der Waals surface area contributed by atoms with Gasteiger partial charge in [-0.2, -0.15) is 0 Å². The molecule has 1 aromatic carbocycles. The molecule has 1 aromatic heterocycles. The van der Waals surface area contributed by atoms with E-state index in [0.29, 0.717) is 12.0 Å². The first kappa shape index (κ1) is 84.6. The lowest BCUT2D eigenvalue weighted by Gasteiger charge is -2.30. The van der Waals surface area contributed by atoms with Crippen LogP contribution >= 0.6 is 0 Å². The Morgan fingerprint density at radius 1 is 0.600 bits per heavy atom. The van der Waals surface area contributed by atoms with Crippen molar-refractivity contribution in [3.8, 4) is 0 Å². The van der Waals surface area contributed by atoms with Crippen LogP contribution in [0.15, 0.2) is 42.9 Å². The lowest BCUT2D eigenvalue weighted by atomic mass is 9.96. The molecule has 21 N–H and O–H groups in total. The van der Waals surface area contributed by atoms with Gasteiger partial charge in [0.25, 0.3) is 0 Å². The molecule has 0 saturated carbocycles. The van der Waals surface area contributed by atoms with E-state index >= 15 is 0 Å². The molecule has 13 amide bonds. The van der Waals surface area contributed by atoms with E-state index in [1.165, 1.54) is 19.4 Å². The number of imidazole rings is 1. The van der Waals surface area contributed by atoms with Gasteiger partial charge in [-0.1, -0.05) is 105 Å². The molecule has 1 aliphatic rings. The molecule has 15 atom stereocenters. The number of rotatable bonds is 32. The third-order valence-electron chi connectivity index (χ3n) is 17.3. The average molecular weight is 1410 g/mol. The van der Waals surface area contributed by atoms with Gasteiger partial charge < -0.3 is 96.2 Å². The molecule has 0 spiro atoms. The minimum atomic E-state index is -1.95. The highest BCUT2D eigenvalue weighted by Crippen LogP contribution is 2.17. The number of carboxylic acid groups (broad SMARTS) is 2. The Morgan fingerprint density at radius 3 is 1.74 bits per heavy atom. The van der Waals surface area contributed by atoms with Crippen LogP contribution in [0.4, 0.5) is 0 Å². The Kier molecular flexibility index (Phi) is 36.4. The lowest BCUT2D eigenvalue weighted by molar-refractivity contribution is -0.142. The Hall–Kier alpha value is -9.60. The van der Waals surface area contributed by atoms with E-state index < -0.39 is 199 Å². The summed E-state index contributed by atoms with van der Waals surface area (Å²) >= 11 is 0. The Bertz CT molecular complexity index is 3100. The van der Waals surface area contributed by atoms with Crippen LogP contribution in [0.3, 0.4) is 0 Å². The highest BCUT2D eigenvalue weighted by Gasteiger charge is 2.39. The van der Waals surface area contributed by atoms with Crippen LogP contribution in [0.2, 0.25) is 0 Å². The summed E-state index contributed by atoms with van der Waals surface area (Å²) in [6.45, 7) is 15.0. The molecule has 34 nitrogen and oxygen atoms in total. The third kappa shape index (κ3) is 29.1. The summed E-state index contributed by atoms with van der Waals surface area (Å²) in [5.41, 5.74) is 18.3. The molecule has 2 aromatic rings. The molecule has 1 saturated heterocycles. The average Bonchev–Trinajstić information content (AvgIpc) is 0.853. The maximum Gasteiger partial charge on any atom is 0.305 e. The van der Waals surface area contributed by atoms with Crippen LogP contribution < -0.4 is 81.0 Å². The van der Waals surface area contributed by atoms with Gasteiger partial charge in [0.1, 0.15) is 66.5 Å². The standard InChI is InChI=1S/C66H105N17O17/c1-10-35(6)52(69)64(98)73-38(9)55(89)77-44(27-34(4)5)60(94)75-43(23-24-50(85)86)59(93)83-53(36(7)11-2)65(99)76-41-21-16-17-26-71-56(90)47(30-49(68)84)79-63(97)48(31-51(87)88)80-62(96)46(29-40-32-70-33-72-40)78-61(95)45(28-39-19-14-13-15-20-39)81-66(100)54(37(8)12-3)82-58(92)42(22-18-25-67)74-57(41)91/h13-15,19-20,32-38,41-48,52-54H,10-12,16-18,21-31,67,69H2,1-9H3,(H2,68,84)(H,70,72)(H,71,90)(H,73,98)(H,74,91)(H,75,94)(H,76,99)(H,77,89)(H,78,95)(H,79,97)(H,80,96)(H,81,100)(H,82,92)(H,83,93)(H,85,86)(H,87,88)/t35-,36-,37-,38-,41-,42+,43+,44-,45+,46-,47-,48+,52-,53-,54-/m0/s1. The van der Waals surface area contributed by atoms with Gasteiger partial charge in [-0.3, -0.25) is 71.9 Å². The number of aromatic amines is 1. The van der Waals surface area contributed by atoms with Gasteiger partial charge in [0.15, 0.2) is 0 Å². The molecule has 556 valence electrons. The maximum absolute atomic E-state index is 14.9. The van der Waals surface area contributed by atoms with Gasteiger partial charge in [0, 0.05) is 37.7 Å². The summed E-state index contributed by atoms with van der Waals surface area (Å²) < 4.78 is 0. The summed E-state index contributed by atoms with van der Waals surface area (Å²) in [7, 11) is 0. The minimum absolute atomic E-state index is 0.00646. The van der Waals surface area contributed by atoms with Gasteiger partial charge in [-0.05, 0) is 87.6 Å². The topological polar surface area (TPSA) is 548 Å². The number of carbonyl (C=O) groups is 15. The number of primary amides is 1. The van der Waals surface area contributed by atoms with E-state index in [-0.39, 0.29) is 94.8 Å². The monoisotopic (exact) mass is 1410 g/mol. The van der Waals surface area contributed by atoms with E-state index in [0.717, 1.165) is 0 Å². The molecule has 3 rings (SSSR count). The van der Waals surface area contributed by atoms with E-state index in [2.05, 4.69) is 73.8 Å². The van der Waals surface area contributed by atoms with E-state index in [9.17, 15) is 82.1 Å². The SMILES string of the molecule is CC[C@H](C)[C@H](N)C(=O)N[C@@H](C)C(=O)N[C@@H](CC(C)C)C(=O)N[C@H](CCC(=O)O)C(=O)N[C@H](C(=O)N[C@H]1CCCCNC(=O)[C@H](CC(N)=O)NC(=O)[C@@H](CC(=O)O)NC(=O)[C@H](Cc2cnc[nH]2)NC(=O)[C@@H](Cc2ccccc2)NC(=O)[C@H]([C@@H](C)CC)NC(=O)[C@@H](CCCN)NC1=O)[C@@H](C)CC. The zero-order valence-electron chi connectivity index (χ0n) is 58.5. The highest BCUT2D eigenvalue weighted by molar-refractivity contribution is 6.00. The predicted octanol–water partition coefficient (Wildman–Crippen LogP) is -2.69. The second-order valence-corrected chi connectivity index (χ2v) is 25.9. The summed E-state index contributed by atoms with van der Waals surface area (Å²) in [4.78, 5) is 214. The van der Waals surface area contributed by atoms with E-state index in [1.54, 1.807) is 78.8 Å². The summed E-state index contributed by atoms with van der Waals surface area (Å²) in [5.74, 6) is -17.1. The number of nitrogens with one attached hydrogen (secondary N) is 13. The number of hydrogen-bond donors (Lipinski definition) is 18. The predicted molar refractivity (Wildman–Crippen MR) is 363 cm³/mol. The first-order valence-corrected chi connectivity index (χ1v) is 34.0. The quantitative estimate of drug-likeness (QED) is 0.0355. The number of carboxylic acids is 2. The fourth-order valence-electron chi connectivity index (χ4n) is 10.6. The molecular formula is C66H105N17O17. The van der Waals surface area contributed by atoms with Crippen molar-refractivity contribution in [1.29, 1.82) is 0 Å². The van der Waals surface area contributed by atoms with Crippen LogP contribution in [-0.2, 0) is 84.8 Å². The number of benzene rings is 1. The zero-order valence-corrected chi connectivity index (χ0v) is 58.5. The van der Waals surface area contributed by atoms with Crippen LogP contribution in [-0.4, -0.2) is 195 Å². The second-order valence-electron chi connectivity index (χ2n) is 25.9. The number of nitrogens with two attached hydrogens (primary N) is 3. The summed E-state index contributed by atoms with van der Waals surface area (Å²) in [5, 5.41) is 50.6. The number of amides is 13. The first-order chi connectivity index (χ1) is 47.2. The molecule has 34 heteroatoms. The lowest BCUT2D eigenvalue weighted by Crippen LogP contribution is -2.62. The number of carbonyl (C=O) groups excluding carboxylic acids is 13. The van der Waals surface area contributed by atoms with Crippen LogP contribution in [0.5, 0.6) is 0 Å². The largest absolute Gasteiger partial charge is 0.481 e. The van der Waals surface area contributed by atoms with Gasteiger partial charge >= 0.3 is 11.9 Å². The van der Waals surface area contributed by atoms with Crippen molar-refractivity contribution < 1.29 is 82.1 Å². The van der Waals surface area contributed by atoms with Crippen molar-refractivity contribution in [3.63, 3.8) is 0 Å². The fourth-order valence-corrected chi connectivity index (χ4v) is 10.6. The van der Waals surface area contributed by atoms with Gasteiger partial charge in [0.05, 0.1) is 25.2 Å². The number of aliphatic carboxylic acids is 2. The molecule has 1 fully saturated rings. The van der Waals surface area contributed by atoms with Crippen molar-refractivity contribution in [2.75, 3.05) is 13.1 Å². The van der Waals surface area contributed by atoms with Crippen molar-refractivity contribution >= 4 is 88.7 Å². The van der Waals surface area contributed by atoms with Crippen LogP contribution in [0.25, 0.3) is 0 Å². The first-order valence-electron chi connectivity index (χ1n) is 34.0.